The molecular formula is C18H37NiO4P. The summed E-state index contributed by atoms with van der Waals surface area (Å²) in [6.45, 7) is 2.29. The molecule has 0 spiro atoms. The second-order valence-corrected chi connectivity index (χ2v) is 7.80. The van der Waals surface area contributed by atoms with Crippen molar-refractivity contribution in [3.8, 4) is 0 Å². The molecule has 0 atom stereocenters. The fourth-order valence-electron chi connectivity index (χ4n) is 2.63. The largest absolute Gasteiger partial charge is 0.822 e. The molecule has 0 unspecified atom stereocenters. The zero-order valence-corrected chi connectivity index (χ0v) is 17.3. The van der Waals surface area contributed by atoms with E-state index in [4.69, 9.17) is 19.2 Å². The zero-order valence-electron chi connectivity index (χ0n) is 15.4. The molecule has 24 heavy (non-hydrogen) atoms. The third-order valence-corrected chi connectivity index (χ3v) is 4.31. The number of hydrogen-bond acceptors (Lipinski definition) is 4. The molecule has 0 heterocycles. The van der Waals surface area contributed by atoms with Crippen molar-refractivity contribution in [2.24, 2.45) is 0 Å². The molecule has 0 aliphatic carbocycles. The Bertz CT molecular complexity index is 247. The van der Waals surface area contributed by atoms with E-state index < -0.39 is 7.82 Å². The van der Waals surface area contributed by atoms with Gasteiger partial charge in [-0.3, -0.25) is 0 Å². The van der Waals surface area contributed by atoms with Gasteiger partial charge in [0, 0.05) is 0 Å². The molecule has 6 heteroatoms. The Morgan fingerprint density at radius 3 is 1.00 bits per heavy atom. The normalized spacial score (nSPS) is 11.2. The summed E-state index contributed by atoms with van der Waals surface area (Å²) in [4.78, 5) is 25.6. The van der Waals surface area contributed by atoms with Crippen LogP contribution in [0.5, 0.6) is 0 Å². The Labute approximate surface area is 157 Å². The third-order valence-electron chi connectivity index (χ3n) is 3.97. The van der Waals surface area contributed by atoms with Gasteiger partial charge in [-0.1, -0.05) is 39.0 Å². The molecule has 0 aliphatic heterocycles. The summed E-state index contributed by atoms with van der Waals surface area (Å²) in [6, 6.07) is 0. The van der Waals surface area contributed by atoms with Gasteiger partial charge in [-0.25, -0.2) is 0 Å². The van der Waals surface area contributed by atoms with Crippen molar-refractivity contribution in [3.05, 3.63) is 0 Å². The molecule has 148 valence electrons. The van der Waals surface area contributed by atoms with E-state index in [1.165, 1.54) is 103 Å². The van der Waals surface area contributed by atoms with Gasteiger partial charge in [0.2, 0.25) is 0 Å². The summed E-state index contributed by atoms with van der Waals surface area (Å²) in [5.41, 5.74) is 0. The van der Waals surface area contributed by atoms with E-state index in [2.05, 4.69) is 22.4 Å². The predicted octanol–water partition coefficient (Wildman–Crippen LogP) is 4.39. The van der Waals surface area contributed by atoms with E-state index >= 15 is 0 Å². The Balaban J connectivity index is 0. The molecule has 0 aliphatic rings. The van der Waals surface area contributed by atoms with Gasteiger partial charge in [-0.05, 0) is 0 Å². The maximum atomic E-state index is 8.55. The quantitative estimate of drug-likeness (QED) is 0.216. The Kier molecular flexibility index (Phi) is 24.2. The second kappa shape index (κ2) is 21.6. The van der Waals surface area contributed by atoms with E-state index in [0.717, 1.165) is 5.39 Å². The molecule has 0 rings (SSSR count). The number of unbranched alkanes of at least 4 members (excludes halogenated alkanes) is 15. The van der Waals surface area contributed by atoms with Crippen molar-refractivity contribution in [1.82, 2.24) is 0 Å². The number of rotatable bonds is 16. The van der Waals surface area contributed by atoms with Crippen LogP contribution in [-0.4, -0.2) is 0 Å². The first-order chi connectivity index (χ1) is 11.4. The van der Waals surface area contributed by atoms with Crippen molar-refractivity contribution in [3.63, 3.8) is 0 Å². The van der Waals surface area contributed by atoms with Gasteiger partial charge < -0.3 is 19.2 Å². The predicted molar refractivity (Wildman–Crippen MR) is 92.0 cm³/mol. The molecule has 0 N–H and O–H groups in total. The van der Waals surface area contributed by atoms with Gasteiger partial charge >= 0.3 is 91.5 Å². The minimum atomic E-state index is -5.39. The second-order valence-electron chi connectivity index (χ2n) is 6.41. The van der Waals surface area contributed by atoms with Crippen molar-refractivity contribution in [2.75, 3.05) is 0 Å². The summed E-state index contributed by atoms with van der Waals surface area (Å²) in [5, 5.41) is 0.998. The summed E-state index contributed by atoms with van der Waals surface area (Å²) < 4.78 is 8.55. The minimum absolute atomic E-state index is 0.998. The van der Waals surface area contributed by atoms with Crippen LogP contribution >= 0.6 is 7.82 Å². The van der Waals surface area contributed by atoms with Gasteiger partial charge in [-0.15, -0.1) is 0 Å². The molecule has 0 radical (unpaired) electrons. The molecule has 4 nitrogen and oxygen atoms in total. The van der Waals surface area contributed by atoms with Crippen LogP contribution < -0.4 is 14.7 Å². The smallest absolute Gasteiger partial charge is 0.159 e. The molecule has 0 amide bonds. The Morgan fingerprint density at radius 2 is 0.792 bits per heavy atom. The minimum Gasteiger partial charge on any atom is -0.822 e. The topological polar surface area (TPSA) is 86.2 Å². The number of hydrogen-bond donors (Lipinski definition) is 0. The van der Waals surface area contributed by atoms with E-state index in [9.17, 15) is 0 Å². The first-order valence-corrected chi connectivity index (χ1v) is 11.8. The van der Waals surface area contributed by atoms with E-state index in [0.29, 0.717) is 0 Å². The molecular weight excluding hydrogens is 370 g/mol. The van der Waals surface area contributed by atoms with E-state index in [1.54, 1.807) is 0 Å². The molecule has 0 aromatic carbocycles. The first-order valence-electron chi connectivity index (χ1n) is 9.66. The Morgan fingerprint density at radius 1 is 0.583 bits per heavy atom. The van der Waals surface area contributed by atoms with E-state index in [1.807, 2.05) is 0 Å². The molecule has 0 aromatic rings. The summed E-state index contributed by atoms with van der Waals surface area (Å²) in [6.07, 6.45) is 23.0. The van der Waals surface area contributed by atoms with Crippen molar-refractivity contribution >= 4 is 7.82 Å². The third kappa shape index (κ3) is 38.3. The van der Waals surface area contributed by atoms with Crippen LogP contribution in [0.1, 0.15) is 110 Å². The molecule has 0 bridgehead atoms. The van der Waals surface area contributed by atoms with Crippen LogP contribution in [0.15, 0.2) is 0 Å². The van der Waals surface area contributed by atoms with Crippen LogP contribution in [0.25, 0.3) is 0 Å². The molecule has 0 aromatic heterocycles. The summed E-state index contributed by atoms with van der Waals surface area (Å²) in [7, 11) is -5.39. The van der Waals surface area contributed by atoms with Gasteiger partial charge in [-0.2, -0.15) is 7.82 Å². The van der Waals surface area contributed by atoms with Crippen LogP contribution in [-0.2, 0) is 20.0 Å². The fraction of sp³-hybridized carbons (Fsp3) is 1.00. The molecule has 0 fully saturated rings. The maximum Gasteiger partial charge on any atom is -0.159 e. The Hall–Kier alpha value is 0.604. The van der Waals surface area contributed by atoms with Crippen LogP contribution in [0, 0.1) is 0 Å². The standard InChI is InChI=1S/C18H37.Ni.H3O4P/c1-3-5-7-9-11-13-15-17-18-16-14-12-10-8-6-4-2;;1-5(2,3)4/h1,3-18H2,2H3;;(H3,1,2,3,4)/q;+3;/p-3. The summed E-state index contributed by atoms with van der Waals surface area (Å²) in [5.74, 6) is 0. The maximum absolute atomic E-state index is 8.55. The number of phosphoric acid groups is 1. The first kappa shape index (κ1) is 26.8. The average molecular weight is 407 g/mol. The van der Waals surface area contributed by atoms with Crippen LogP contribution in [0.2, 0.25) is 5.39 Å². The molecule has 0 saturated carbocycles. The average Bonchev–Trinajstić information content (AvgIpc) is 2.49. The van der Waals surface area contributed by atoms with Gasteiger partial charge in [0.15, 0.2) is 0 Å². The monoisotopic (exact) mass is 406 g/mol. The molecule has 0 saturated heterocycles. The van der Waals surface area contributed by atoms with E-state index in [-0.39, 0.29) is 0 Å². The fourth-order valence-corrected chi connectivity index (χ4v) is 2.87. The van der Waals surface area contributed by atoms with Crippen LogP contribution in [0.4, 0.5) is 0 Å². The SMILES string of the molecule is CCCCCCCCCCCCCCCCC[CH2][Ni+3].O=P([O-])([O-])[O-]. The van der Waals surface area contributed by atoms with Crippen molar-refractivity contribution in [1.29, 1.82) is 0 Å². The van der Waals surface area contributed by atoms with Gasteiger partial charge in [0.25, 0.3) is 0 Å². The van der Waals surface area contributed by atoms with Crippen molar-refractivity contribution < 1.29 is 34.7 Å². The summed E-state index contributed by atoms with van der Waals surface area (Å²) >= 11 is 4.69. The van der Waals surface area contributed by atoms with Crippen LogP contribution in [0.3, 0.4) is 0 Å². The van der Waals surface area contributed by atoms with Gasteiger partial charge in [0.1, 0.15) is 0 Å². The van der Waals surface area contributed by atoms with Crippen molar-refractivity contribution in [2.45, 2.75) is 115 Å². The zero-order chi connectivity index (χ0) is 18.5. The van der Waals surface area contributed by atoms with Gasteiger partial charge in [0.05, 0.1) is 0 Å².